The third-order valence-corrected chi connectivity index (χ3v) is 5.42. The number of ether oxygens (including phenoxy) is 1. The summed E-state index contributed by atoms with van der Waals surface area (Å²) >= 11 is 6.01. The SMILES string of the molecule is O=C(O)Cc1ccc(Oc2ccc(CC3SC(=S)NC3=O)cc2C(F)(F)F)cc1. The van der Waals surface area contributed by atoms with E-state index >= 15 is 0 Å². The van der Waals surface area contributed by atoms with E-state index in [9.17, 15) is 22.8 Å². The molecule has 2 aromatic carbocycles. The second-order valence-electron chi connectivity index (χ2n) is 6.23. The van der Waals surface area contributed by atoms with Crippen molar-refractivity contribution in [2.24, 2.45) is 0 Å². The fraction of sp³-hybridized carbons (Fsp3) is 0.211. The Balaban J connectivity index is 1.82. The third-order valence-electron chi connectivity index (χ3n) is 4.04. The van der Waals surface area contributed by atoms with E-state index in [4.69, 9.17) is 22.1 Å². The van der Waals surface area contributed by atoms with Crippen LogP contribution in [0.5, 0.6) is 11.5 Å². The van der Waals surface area contributed by atoms with E-state index in [2.05, 4.69) is 5.32 Å². The molecule has 1 amide bonds. The monoisotopic (exact) mass is 441 g/mol. The molecule has 152 valence electrons. The number of thioether (sulfide) groups is 1. The maximum Gasteiger partial charge on any atom is 0.419 e. The van der Waals surface area contributed by atoms with Crippen LogP contribution in [-0.2, 0) is 28.6 Å². The number of aliphatic carboxylic acids is 1. The lowest BCUT2D eigenvalue weighted by Gasteiger charge is -2.16. The van der Waals surface area contributed by atoms with E-state index < -0.39 is 23.0 Å². The fourth-order valence-electron chi connectivity index (χ4n) is 2.73. The highest BCUT2D eigenvalue weighted by Crippen LogP contribution is 2.39. The Bertz CT molecular complexity index is 961. The highest BCUT2D eigenvalue weighted by molar-refractivity contribution is 8.24. The summed E-state index contributed by atoms with van der Waals surface area (Å²) in [6, 6.07) is 9.41. The number of rotatable bonds is 6. The van der Waals surface area contributed by atoms with Gasteiger partial charge < -0.3 is 15.2 Å². The molecule has 1 atom stereocenters. The Kier molecular flexibility index (Phi) is 6.13. The van der Waals surface area contributed by atoms with Crippen molar-refractivity contribution in [1.29, 1.82) is 0 Å². The number of carboxylic acids is 1. The van der Waals surface area contributed by atoms with Gasteiger partial charge >= 0.3 is 12.1 Å². The number of carboxylic acid groups (broad SMARTS) is 1. The maximum absolute atomic E-state index is 13.5. The molecular weight excluding hydrogens is 427 g/mol. The molecule has 2 N–H and O–H groups in total. The average Bonchev–Trinajstić information content (AvgIpc) is 2.93. The van der Waals surface area contributed by atoms with E-state index in [0.717, 1.165) is 17.8 Å². The highest BCUT2D eigenvalue weighted by atomic mass is 32.2. The molecule has 3 rings (SSSR count). The van der Waals surface area contributed by atoms with Gasteiger partial charge in [0.05, 0.1) is 17.2 Å². The molecule has 0 spiro atoms. The highest BCUT2D eigenvalue weighted by Gasteiger charge is 2.36. The van der Waals surface area contributed by atoms with Gasteiger partial charge in [0.25, 0.3) is 0 Å². The summed E-state index contributed by atoms with van der Waals surface area (Å²) in [5, 5.41) is 10.7. The zero-order valence-corrected chi connectivity index (χ0v) is 16.3. The Morgan fingerprint density at radius 1 is 1.17 bits per heavy atom. The third kappa shape index (κ3) is 5.48. The van der Waals surface area contributed by atoms with Crippen LogP contribution in [-0.4, -0.2) is 26.6 Å². The second-order valence-corrected chi connectivity index (χ2v) is 8.11. The Hall–Kier alpha value is -2.59. The lowest BCUT2D eigenvalue weighted by molar-refractivity contribution is -0.139. The van der Waals surface area contributed by atoms with E-state index in [1.807, 2.05) is 0 Å². The van der Waals surface area contributed by atoms with Crippen LogP contribution in [0.25, 0.3) is 0 Å². The number of halogens is 3. The van der Waals surface area contributed by atoms with Crippen molar-refractivity contribution in [2.45, 2.75) is 24.3 Å². The molecule has 1 saturated heterocycles. The summed E-state index contributed by atoms with van der Waals surface area (Å²) < 4.78 is 46.3. The first-order valence-electron chi connectivity index (χ1n) is 8.32. The van der Waals surface area contributed by atoms with Crippen LogP contribution in [0.4, 0.5) is 13.2 Å². The van der Waals surface area contributed by atoms with Gasteiger partial charge in [-0.05, 0) is 41.8 Å². The molecule has 0 bridgehead atoms. The van der Waals surface area contributed by atoms with Gasteiger partial charge in [0, 0.05) is 0 Å². The van der Waals surface area contributed by atoms with E-state index in [0.29, 0.717) is 15.4 Å². The molecule has 1 fully saturated rings. The topological polar surface area (TPSA) is 75.6 Å². The molecule has 2 aromatic rings. The Morgan fingerprint density at radius 2 is 1.83 bits per heavy atom. The van der Waals surface area contributed by atoms with Crippen molar-refractivity contribution < 1.29 is 32.6 Å². The molecule has 1 heterocycles. The Labute approximate surface area is 173 Å². The van der Waals surface area contributed by atoms with Crippen LogP contribution in [0.2, 0.25) is 0 Å². The zero-order chi connectivity index (χ0) is 21.2. The summed E-state index contributed by atoms with van der Waals surface area (Å²) in [6.45, 7) is 0. The molecule has 0 aliphatic carbocycles. The minimum absolute atomic E-state index is 0.101. The van der Waals surface area contributed by atoms with Crippen LogP contribution >= 0.6 is 24.0 Å². The molecule has 0 saturated carbocycles. The first-order chi connectivity index (χ1) is 13.6. The van der Waals surface area contributed by atoms with Gasteiger partial charge in [-0.2, -0.15) is 13.2 Å². The Morgan fingerprint density at radius 3 is 2.38 bits per heavy atom. The number of nitrogens with one attached hydrogen (secondary N) is 1. The minimum atomic E-state index is -4.66. The molecule has 1 unspecified atom stereocenters. The average molecular weight is 441 g/mol. The molecule has 29 heavy (non-hydrogen) atoms. The number of hydrogen-bond acceptors (Lipinski definition) is 5. The van der Waals surface area contributed by atoms with Gasteiger partial charge in [0.1, 0.15) is 15.8 Å². The van der Waals surface area contributed by atoms with Crippen molar-refractivity contribution in [3.63, 3.8) is 0 Å². The first kappa shape index (κ1) is 21.1. The van der Waals surface area contributed by atoms with E-state index in [1.165, 1.54) is 36.4 Å². The lowest BCUT2D eigenvalue weighted by atomic mass is 10.0. The number of carbonyl (C=O) groups is 2. The predicted octanol–water partition coefficient (Wildman–Crippen LogP) is 4.18. The largest absolute Gasteiger partial charge is 0.481 e. The van der Waals surface area contributed by atoms with Crippen molar-refractivity contribution in [2.75, 3.05) is 0 Å². The van der Waals surface area contributed by atoms with E-state index in [-0.39, 0.29) is 30.2 Å². The quantitative estimate of drug-likeness (QED) is 0.655. The van der Waals surface area contributed by atoms with Crippen LogP contribution in [0.1, 0.15) is 16.7 Å². The standard InChI is InChI=1S/C19H14F3NO4S2/c20-19(21,22)13-7-11(8-15-17(26)23-18(28)29-15)3-6-14(13)27-12-4-1-10(2-5-12)9-16(24)25/h1-7,15H,8-9H2,(H,24,25)(H,23,26,28). The van der Waals surface area contributed by atoms with Crippen LogP contribution in [0, 0.1) is 0 Å². The molecule has 0 radical (unpaired) electrons. The molecule has 5 nitrogen and oxygen atoms in total. The normalized spacial score (nSPS) is 16.6. The van der Waals surface area contributed by atoms with Crippen molar-refractivity contribution >= 4 is 40.2 Å². The van der Waals surface area contributed by atoms with Gasteiger partial charge in [-0.3, -0.25) is 9.59 Å². The van der Waals surface area contributed by atoms with Gasteiger partial charge in [0.15, 0.2) is 0 Å². The number of thiocarbonyl (C=S) groups is 1. The molecule has 1 aliphatic heterocycles. The molecule has 0 aromatic heterocycles. The minimum Gasteiger partial charge on any atom is -0.481 e. The number of alkyl halides is 3. The van der Waals surface area contributed by atoms with Crippen molar-refractivity contribution in [1.82, 2.24) is 5.32 Å². The first-order valence-corrected chi connectivity index (χ1v) is 9.61. The van der Waals surface area contributed by atoms with Gasteiger partial charge in [0.2, 0.25) is 5.91 Å². The summed E-state index contributed by atoms with van der Waals surface area (Å²) in [4.78, 5) is 22.5. The molecular formula is C19H14F3NO4S2. The summed E-state index contributed by atoms with van der Waals surface area (Å²) in [6.07, 6.45) is -4.75. The number of carbonyl (C=O) groups excluding carboxylic acids is 1. The summed E-state index contributed by atoms with van der Waals surface area (Å²) in [5.41, 5.74) is -0.129. The van der Waals surface area contributed by atoms with Crippen LogP contribution in [0.3, 0.4) is 0 Å². The zero-order valence-electron chi connectivity index (χ0n) is 14.7. The van der Waals surface area contributed by atoms with Crippen molar-refractivity contribution in [3.8, 4) is 11.5 Å². The maximum atomic E-state index is 13.5. The predicted molar refractivity (Wildman–Crippen MR) is 105 cm³/mol. The van der Waals surface area contributed by atoms with Gasteiger partial charge in [-0.1, -0.05) is 42.2 Å². The second kappa shape index (κ2) is 8.42. The molecule has 1 aliphatic rings. The van der Waals surface area contributed by atoms with Crippen LogP contribution < -0.4 is 10.1 Å². The van der Waals surface area contributed by atoms with Crippen molar-refractivity contribution in [3.05, 3.63) is 59.2 Å². The van der Waals surface area contributed by atoms with Gasteiger partial charge in [-0.25, -0.2) is 0 Å². The summed E-state index contributed by atoms with van der Waals surface area (Å²) in [7, 11) is 0. The number of amides is 1. The summed E-state index contributed by atoms with van der Waals surface area (Å²) in [5.74, 6) is -1.57. The van der Waals surface area contributed by atoms with Gasteiger partial charge in [-0.15, -0.1) is 0 Å². The molecule has 10 heteroatoms. The number of benzene rings is 2. The van der Waals surface area contributed by atoms with Crippen LogP contribution in [0.15, 0.2) is 42.5 Å². The van der Waals surface area contributed by atoms with E-state index in [1.54, 1.807) is 0 Å². The number of hydrogen-bond donors (Lipinski definition) is 2. The fourth-order valence-corrected chi connectivity index (χ4v) is 4.04. The smallest absolute Gasteiger partial charge is 0.419 e. The lowest BCUT2D eigenvalue weighted by Crippen LogP contribution is -2.25.